The molecule has 2 aromatic rings. The van der Waals surface area contributed by atoms with E-state index in [0.717, 1.165) is 20.5 Å². The zero-order valence-electron chi connectivity index (χ0n) is 14.9. The van der Waals surface area contributed by atoms with Crippen LogP contribution in [0.15, 0.2) is 24.3 Å². The topological polar surface area (TPSA) is 61.9 Å². The summed E-state index contributed by atoms with van der Waals surface area (Å²) in [5.74, 6) is -0.00979. The van der Waals surface area contributed by atoms with Gasteiger partial charge in [0.1, 0.15) is 6.04 Å². The molecule has 6 nitrogen and oxygen atoms in total. The molecule has 1 N–H and O–H groups in total. The Labute approximate surface area is 156 Å². The average Bonchev–Trinajstić information content (AvgIpc) is 3.04. The lowest BCUT2D eigenvalue weighted by Gasteiger charge is -2.39. The summed E-state index contributed by atoms with van der Waals surface area (Å²) in [5.41, 5.74) is 1.01. The molecular formula is C19H23N3O3S. The lowest BCUT2D eigenvalue weighted by atomic mass is 10.1. The predicted octanol–water partition coefficient (Wildman–Crippen LogP) is 1.48. The highest BCUT2D eigenvalue weighted by Crippen LogP contribution is 2.32. The lowest BCUT2D eigenvalue weighted by molar-refractivity contribution is -0.140. The highest BCUT2D eigenvalue weighted by molar-refractivity contribution is 7.21. The molecule has 1 aromatic heterocycles. The number of ether oxygens (including phenoxy) is 1. The van der Waals surface area contributed by atoms with Crippen LogP contribution in [0.2, 0.25) is 0 Å². The molecule has 3 heterocycles. The molecule has 26 heavy (non-hydrogen) atoms. The minimum atomic E-state index is -0.445. The Balaban J connectivity index is 1.61. The minimum absolute atomic E-state index is 0.0209. The monoisotopic (exact) mass is 373 g/mol. The van der Waals surface area contributed by atoms with Crippen molar-refractivity contribution < 1.29 is 14.3 Å². The van der Waals surface area contributed by atoms with Gasteiger partial charge in [0.25, 0.3) is 5.91 Å². The van der Waals surface area contributed by atoms with E-state index in [9.17, 15) is 9.59 Å². The molecule has 2 amide bonds. The van der Waals surface area contributed by atoms with Crippen molar-refractivity contribution in [1.29, 1.82) is 0 Å². The Bertz CT molecular complexity index is 829. The number of piperazine rings is 1. The third kappa shape index (κ3) is 3.11. The van der Waals surface area contributed by atoms with Crippen molar-refractivity contribution in [3.05, 3.63) is 34.7 Å². The zero-order chi connectivity index (χ0) is 18.1. The van der Waals surface area contributed by atoms with Crippen LogP contribution in [0, 0.1) is 6.92 Å². The third-order valence-corrected chi connectivity index (χ3v) is 6.41. The fourth-order valence-electron chi connectivity index (χ4n) is 3.67. The van der Waals surface area contributed by atoms with Crippen molar-refractivity contribution in [2.45, 2.75) is 13.0 Å². The van der Waals surface area contributed by atoms with E-state index in [-0.39, 0.29) is 11.8 Å². The number of aryl methyl sites for hydroxylation is 1. The Morgan fingerprint density at radius 2 is 1.96 bits per heavy atom. The van der Waals surface area contributed by atoms with E-state index in [1.807, 2.05) is 36.1 Å². The molecule has 1 aromatic carbocycles. The standard InChI is InChI=1S/C19H23N3O3S/c1-13-14-4-2-3-5-16(14)26-17(13)19(24)22-7-6-20-12-15(22)18(23)21-8-10-25-11-9-21/h2-5,15,20H,6-12H2,1H3. The van der Waals surface area contributed by atoms with Crippen molar-refractivity contribution in [2.75, 3.05) is 45.9 Å². The van der Waals surface area contributed by atoms with Crippen molar-refractivity contribution in [1.82, 2.24) is 15.1 Å². The van der Waals surface area contributed by atoms with Gasteiger partial charge in [0.2, 0.25) is 5.91 Å². The van der Waals surface area contributed by atoms with Gasteiger partial charge in [0.15, 0.2) is 0 Å². The summed E-state index contributed by atoms with van der Waals surface area (Å²) in [6.07, 6.45) is 0. The molecule has 2 saturated heterocycles. The van der Waals surface area contributed by atoms with Crippen LogP contribution in [0.3, 0.4) is 0 Å². The Hall–Kier alpha value is -1.96. The van der Waals surface area contributed by atoms with E-state index >= 15 is 0 Å². The first kappa shape index (κ1) is 17.5. The molecule has 7 heteroatoms. The van der Waals surface area contributed by atoms with Crippen LogP contribution < -0.4 is 5.32 Å². The maximum absolute atomic E-state index is 13.3. The summed E-state index contributed by atoms with van der Waals surface area (Å²) in [6.45, 7) is 6.08. The Kier molecular flexibility index (Phi) is 4.93. The number of fused-ring (bicyclic) bond motifs is 1. The molecule has 1 unspecified atom stereocenters. The van der Waals surface area contributed by atoms with E-state index in [2.05, 4.69) is 5.32 Å². The third-order valence-electron chi connectivity index (χ3n) is 5.15. The van der Waals surface area contributed by atoms with E-state index in [1.165, 1.54) is 11.3 Å². The summed E-state index contributed by atoms with van der Waals surface area (Å²) < 4.78 is 6.45. The van der Waals surface area contributed by atoms with E-state index in [1.54, 1.807) is 4.90 Å². The smallest absolute Gasteiger partial charge is 0.265 e. The highest BCUT2D eigenvalue weighted by Gasteiger charge is 2.36. The quantitative estimate of drug-likeness (QED) is 0.866. The van der Waals surface area contributed by atoms with E-state index in [4.69, 9.17) is 4.74 Å². The molecule has 0 aliphatic carbocycles. The minimum Gasteiger partial charge on any atom is -0.378 e. The summed E-state index contributed by atoms with van der Waals surface area (Å²) in [5, 5.41) is 4.38. The second kappa shape index (κ2) is 7.34. The van der Waals surface area contributed by atoms with Crippen molar-refractivity contribution in [3.63, 3.8) is 0 Å². The summed E-state index contributed by atoms with van der Waals surface area (Å²) in [4.78, 5) is 30.6. The summed E-state index contributed by atoms with van der Waals surface area (Å²) >= 11 is 1.52. The molecule has 4 rings (SSSR count). The van der Waals surface area contributed by atoms with Gasteiger partial charge >= 0.3 is 0 Å². The molecular weight excluding hydrogens is 350 g/mol. The number of carbonyl (C=O) groups is 2. The van der Waals surface area contributed by atoms with Gasteiger partial charge in [0.05, 0.1) is 18.1 Å². The second-order valence-corrected chi connectivity index (χ2v) is 7.76. The van der Waals surface area contributed by atoms with Crippen LogP contribution in [0.4, 0.5) is 0 Å². The van der Waals surface area contributed by atoms with Gasteiger partial charge in [0, 0.05) is 37.4 Å². The van der Waals surface area contributed by atoms with Crippen LogP contribution in [-0.2, 0) is 9.53 Å². The number of amides is 2. The first-order valence-corrected chi connectivity index (χ1v) is 9.85. The number of carbonyl (C=O) groups excluding carboxylic acids is 2. The second-order valence-electron chi connectivity index (χ2n) is 6.71. The van der Waals surface area contributed by atoms with E-state index in [0.29, 0.717) is 45.9 Å². The van der Waals surface area contributed by atoms with E-state index < -0.39 is 6.04 Å². The van der Waals surface area contributed by atoms with Crippen molar-refractivity contribution >= 4 is 33.2 Å². The molecule has 1 atom stereocenters. The Morgan fingerprint density at radius 1 is 1.19 bits per heavy atom. The number of hydrogen-bond acceptors (Lipinski definition) is 5. The number of hydrogen-bond donors (Lipinski definition) is 1. The van der Waals surface area contributed by atoms with Crippen LogP contribution in [0.1, 0.15) is 15.2 Å². The van der Waals surface area contributed by atoms with Gasteiger partial charge in [-0.2, -0.15) is 0 Å². The van der Waals surface area contributed by atoms with Crippen LogP contribution >= 0.6 is 11.3 Å². The molecule has 0 spiro atoms. The fraction of sp³-hybridized carbons (Fsp3) is 0.474. The molecule has 0 radical (unpaired) electrons. The number of nitrogens with one attached hydrogen (secondary N) is 1. The number of rotatable bonds is 2. The van der Waals surface area contributed by atoms with Gasteiger partial charge in [-0.3, -0.25) is 9.59 Å². The molecule has 0 saturated carbocycles. The number of thiophene rings is 1. The van der Waals surface area contributed by atoms with Crippen molar-refractivity contribution in [2.24, 2.45) is 0 Å². The number of nitrogens with zero attached hydrogens (tertiary/aromatic N) is 2. The largest absolute Gasteiger partial charge is 0.378 e. The predicted molar refractivity (Wildman–Crippen MR) is 102 cm³/mol. The van der Waals surface area contributed by atoms with Gasteiger partial charge < -0.3 is 19.9 Å². The van der Waals surface area contributed by atoms with Gasteiger partial charge in [-0.15, -0.1) is 11.3 Å². The van der Waals surface area contributed by atoms with Crippen LogP contribution in [0.25, 0.3) is 10.1 Å². The lowest BCUT2D eigenvalue weighted by Crippen LogP contribution is -2.61. The highest BCUT2D eigenvalue weighted by atomic mass is 32.1. The first-order valence-electron chi connectivity index (χ1n) is 9.03. The molecule has 2 aliphatic rings. The first-order chi connectivity index (χ1) is 12.7. The summed E-state index contributed by atoms with van der Waals surface area (Å²) in [6, 6.07) is 7.62. The van der Waals surface area contributed by atoms with Gasteiger partial charge in [-0.05, 0) is 23.9 Å². The number of morpholine rings is 1. The zero-order valence-corrected chi connectivity index (χ0v) is 15.7. The maximum atomic E-state index is 13.3. The molecule has 138 valence electrons. The van der Waals surface area contributed by atoms with Gasteiger partial charge in [-0.25, -0.2) is 0 Å². The van der Waals surface area contributed by atoms with Crippen LogP contribution in [0.5, 0.6) is 0 Å². The maximum Gasteiger partial charge on any atom is 0.265 e. The van der Waals surface area contributed by atoms with Gasteiger partial charge in [-0.1, -0.05) is 18.2 Å². The fourth-order valence-corrected chi connectivity index (χ4v) is 4.84. The normalized spacial score (nSPS) is 21.2. The average molecular weight is 373 g/mol. The Morgan fingerprint density at radius 3 is 2.73 bits per heavy atom. The van der Waals surface area contributed by atoms with Crippen LogP contribution in [-0.4, -0.2) is 73.6 Å². The van der Waals surface area contributed by atoms with Crippen molar-refractivity contribution in [3.8, 4) is 0 Å². The summed E-state index contributed by atoms with van der Waals surface area (Å²) in [7, 11) is 0. The number of benzene rings is 1. The molecule has 2 fully saturated rings. The SMILES string of the molecule is Cc1c(C(=O)N2CCNCC2C(=O)N2CCOCC2)sc2ccccc12. The molecule has 2 aliphatic heterocycles. The molecule has 0 bridgehead atoms.